The van der Waals surface area contributed by atoms with Gasteiger partial charge in [-0.05, 0) is 55.2 Å². The second-order valence-corrected chi connectivity index (χ2v) is 9.51. The average molecular weight is 431 g/mol. The predicted octanol–water partition coefficient (Wildman–Crippen LogP) is 3.52. The van der Waals surface area contributed by atoms with Crippen LogP contribution < -0.4 is 14.2 Å². The SMILES string of the molecule is CN(CC1CCCC1)C(=O)c1ccc(NS(=O)(=O)c2ccc3c(c2)OCCO3)cc1. The van der Waals surface area contributed by atoms with E-state index in [9.17, 15) is 13.2 Å². The van der Waals surface area contributed by atoms with Gasteiger partial charge in [0.1, 0.15) is 13.2 Å². The van der Waals surface area contributed by atoms with Gasteiger partial charge in [0, 0.05) is 30.9 Å². The summed E-state index contributed by atoms with van der Waals surface area (Å²) in [7, 11) is -1.97. The van der Waals surface area contributed by atoms with Gasteiger partial charge in [0.2, 0.25) is 0 Å². The van der Waals surface area contributed by atoms with E-state index in [4.69, 9.17) is 9.47 Å². The van der Waals surface area contributed by atoms with E-state index in [0.29, 0.717) is 41.9 Å². The molecule has 2 aliphatic rings. The smallest absolute Gasteiger partial charge is 0.262 e. The zero-order chi connectivity index (χ0) is 21.1. The summed E-state index contributed by atoms with van der Waals surface area (Å²) < 4.78 is 38.9. The number of amides is 1. The van der Waals surface area contributed by atoms with Crippen molar-refractivity contribution in [1.29, 1.82) is 0 Å². The normalized spacial score (nSPS) is 16.3. The molecule has 4 rings (SSSR count). The molecule has 2 aromatic rings. The van der Waals surface area contributed by atoms with E-state index in [1.165, 1.54) is 37.8 Å². The Kier molecular flexibility index (Phi) is 5.85. The maximum absolute atomic E-state index is 12.7. The minimum absolute atomic E-state index is 0.0526. The Balaban J connectivity index is 1.43. The van der Waals surface area contributed by atoms with Crippen molar-refractivity contribution in [2.75, 3.05) is 31.5 Å². The lowest BCUT2D eigenvalue weighted by Crippen LogP contribution is -2.31. The summed E-state index contributed by atoms with van der Waals surface area (Å²) in [5, 5.41) is 0. The number of sulfonamides is 1. The number of carbonyl (C=O) groups is 1. The zero-order valence-electron chi connectivity index (χ0n) is 17.0. The van der Waals surface area contributed by atoms with Gasteiger partial charge in [-0.15, -0.1) is 0 Å². The second-order valence-electron chi connectivity index (χ2n) is 7.82. The highest BCUT2D eigenvalue weighted by Gasteiger charge is 2.22. The van der Waals surface area contributed by atoms with Crippen LogP contribution in [0.15, 0.2) is 47.4 Å². The van der Waals surface area contributed by atoms with Gasteiger partial charge < -0.3 is 14.4 Å². The van der Waals surface area contributed by atoms with E-state index < -0.39 is 10.0 Å². The third kappa shape index (κ3) is 4.53. The van der Waals surface area contributed by atoms with Crippen molar-refractivity contribution >= 4 is 21.6 Å². The van der Waals surface area contributed by atoms with Crippen LogP contribution in [-0.4, -0.2) is 46.0 Å². The van der Waals surface area contributed by atoms with Crippen molar-refractivity contribution in [3.63, 3.8) is 0 Å². The molecular formula is C22H26N2O5S. The molecule has 0 radical (unpaired) electrons. The van der Waals surface area contributed by atoms with Crippen molar-refractivity contribution in [3.8, 4) is 11.5 Å². The van der Waals surface area contributed by atoms with E-state index >= 15 is 0 Å². The Morgan fingerprint density at radius 1 is 1.03 bits per heavy atom. The Morgan fingerprint density at radius 3 is 2.40 bits per heavy atom. The fourth-order valence-corrected chi connectivity index (χ4v) is 5.04. The van der Waals surface area contributed by atoms with E-state index in [1.54, 1.807) is 35.2 Å². The molecule has 7 nitrogen and oxygen atoms in total. The molecule has 1 heterocycles. The summed E-state index contributed by atoms with van der Waals surface area (Å²) in [4.78, 5) is 14.5. The van der Waals surface area contributed by atoms with Crippen LogP contribution in [0.3, 0.4) is 0 Å². The summed E-state index contributed by atoms with van der Waals surface area (Å²) in [5.74, 6) is 1.47. The minimum Gasteiger partial charge on any atom is -0.486 e. The van der Waals surface area contributed by atoms with Crippen molar-refractivity contribution < 1.29 is 22.7 Å². The standard InChI is InChI=1S/C22H26N2O5S/c1-24(15-16-4-2-3-5-16)22(25)17-6-8-18(9-7-17)23-30(26,27)19-10-11-20-21(14-19)29-13-12-28-20/h6-11,14,16,23H,2-5,12-13,15H2,1H3. The molecule has 8 heteroatoms. The monoisotopic (exact) mass is 430 g/mol. The Bertz CT molecular complexity index is 1010. The second kappa shape index (κ2) is 8.55. The Hall–Kier alpha value is -2.74. The van der Waals surface area contributed by atoms with Gasteiger partial charge in [0.05, 0.1) is 4.90 Å². The minimum atomic E-state index is -3.79. The number of hydrogen-bond donors (Lipinski definition) is 1. The van der Waals surface area contributed by atoms with Gasteiger partial charge in [-0.3, -0.25) is 9.52 Å². The van der Waals surface area contributed by atoms with Crippen LogP contribution in [0, 0.1) is 5.92 Å². The van der Waals surface area contributed by atoms with Crippen LogP contribution in [0.1, 0.15) is 36.0 Å². The lowest BCUT2D eigenvalue weighted by Gasteiger charge is -2.21. The molecule has 0 atom stereocenters. The first-order valence-corrected chi connectivity index (χ1v) is 11.7. The Morgan fingerprint density at radius 2 is 1.70 bits per heavy atom. The predicted molar refractivity (Wildman–Crippen MR) is 114 cm³/mol. The number of ether oxygens (including phenoxy) is 2. The summed E-state index contributed by atoms with van der Waals surface area (Å²) >= 11 is 0. The lowest BCUT2D eigenvalue weighted by molar-refractivity contribution is 0.0773. The molecule has 1 fully saturated rings. The van der Waals surface area contributed by atoms with Gasteiger partial charge in [0.25, 0.3) is 15.9 Å². The first-order chi connectivity index (χ1) is 14.4. The third-order valence-corrected chi connectivity index (χ3v) is 6.94. The molecule has 0 saturated heterocycles. The summed E-state index contributed by atoms with van der Waals surface area (Å²) in [6, 6.07) is 11.0. The molecule has 30 heavy (non-hydrogen) atoms. The maximum atomic E-state index is 12.7. The molecule has 0 spiro atoms. The summed E-state index contributed by atoms with van der Waals surface area (Å²) in [5.41, 5.74) is 0.928. The molecule has 0 unspecified atom stereocenters. The highest BCUT2D eigenvalue weighted by atomic mass is 32.2. The zero-order valence-corrected chi connectivity index (χ0v) is 17.8. The Labute approximate surface area is 177 Å². The molecule has 160 valence electrons. The fraction of sp³-hybridized carbons (Fsp3) is 0.409. The van der Waals surface area contributed by atoms with Crippen LogP contribution in [0.2, 0.25) is 0 Å². The molecule has 0 aromatic heterocycles. The summed E-state index contributed by atoms with van der Waals surface area (Å²) in [6.45, 7) is 1.59. The van der Waals surface area contributed by atoms with Crippen molar-refractivity contribution in [1.82, 2.24) is 4.90 Å². The van der Waals surface area contributed by atoms with Gasteiger partial charge in [-0.25, -0.2) is 8.42 Å². The molecule has 2 aromatic carbocycles. The number of benzene rings is 2. The molecule has 1 amide bonds. The van der Waals surface area contributed by atoms with Crippen LogP contribution in [0.4, 0.5) is 5.69 Å². The number of fused-ring (bicyclic) bond motifs is 1. The van der Waals surface area contributed by atoms with Crippen molar-refractivity contribution in [2.24, 2.45) is 5.92 Å². The van der Waals surface area contributed by atoms with E-state index in [1.807, 2.05) is 7.05 Å². The third-order valence-electron chi connectivity index (χ3n) is 5.56. The van der Waals surface area contributed by atoms with Gasteiger partial charge in [0.15, 0.2) is 11.5 Å². The molecule has 1 aliphatic heterocycles. The van der Waals surface area contributed by atoms with Gasteiger partial charge in [-0.1, -0.05) is 12.8 Å². The van der Waals surface area contributed by atoms with Crippen molar-refractivity contribution in [2.45, 2.75) is 30.6 Å². The number of carbonyl (C=O) groups excluding carboxylic acids is 1. The van der Waals surface area contributed by atoms with Gasteiger partial charge in [-0.2, -0.15) is 0 Å². The van der Waals surface area contributed by atoms with Crippen molar-refractivity contribution in [3.05, 3.63) is 48.0 Å². The molecule has 1 aliphatic carbocycles. The topological polar surface area (TPSA) is 84.9 Å². The first-order valence-electron chi connectivity index (χ1n) is 10.2. The van der Waals surface area contributed by atoms with Crippen LogP contribution in [0.5, 0.6) is 11.5 Å². The quantitative estimate of drug-likeness (QED) is 0.758. The molecule has 0 bridgehead atoms. The summed E-state index contributed by atoms with van der Waals surface area (Å²) in [6.07, 6.45) is 4.84. The number of hydrogen-bond acceptors (Lipinski definition) is 5. The number of rotatable bonds is 6. The van der Waals surface area contributed by atoms with Crippen LogP contribution in [0.25, 0.3) is 0 Å². The highest BCUT2D eigenvalue weighted by molar-refractivity contribution is 7.92. The molecular weight excluding hydrogens is 404 g/mol. The number of anilines is 1. The highest BCUT2D eigenvalue weighted by Crippen LogP contribution is 2.32. The van der Waals surface area contributed by atoms with E-state index in [-0.39, 0.29) is 10.8 Å². The van der Waals surface area contributed by atoms with Gasteiger partial charge >= 0.3 is 0 Å². The van der Waals surface area contributed by atoms with E-state index in [2.05, 4.69) is 4.72 Å². The number of nitrogens with one attached hydrogen (secondary N) is 1. The fourth-order valence-electron chi connectivity index (χ4n) is 3.97. The maximum Gasteiger partial charge on any atom is 0.262 e. The molecule has 1 N–H and O–H groups in total. The average Bonchev–Trinajstić information content (AvgIpc) is 3.26. The first kappa shape index (κ1) is 20.5. The van der Waals surface area contributed by atoms with E-state index in [0.717, 1.165) is 6.54 Å². The van der Waals surface area contributed by atoms with Crippen LogP contribution >= 0.6 is 0 Å². The lowest BCUT2D eigenvalue weighted by atomic mass is 10.1. The largest absolute Gasteiger partial charge is 0.486 e. The number of nitrogens with zero attached hydrogens (tertiary/aromatic N) is 1. The molecule has 1 saturated carbocycles. The van der Waals surface area contributed by atoms with Crippen LogP contribution in [-0.2, 0) is 10.0 Å².